The lowest BCUT2D eigenvalue weighted by Crippen LogP contribution is -2.36. The van der Waals surface area contributed by atoms with Crippen LogP contribution in [0.5, 0.6) is 0 Å². The van der Waals surface area contributed by atoms with Crippen molar-refractivity contribution >= 4 is 17.2 Å². The first-order chi connectivity index (χ1) is 9.53. The zero-order chi connectivity index (χ0) is 14.6. The van der Waals surface area contributed by atoms with E-state index in [4.69, 9.17) is 5.26 Å². The Bertz CT molecular complexity index is 639. The zero-order valence-electron chi connectivity index (χ0n) is 11.5. The summed E-state index contributed by atoms with van der Waals surface area (Å²) in [6.07, 6.45) is 0. The molecule has 1 amide bonds. The quantitative estimate of drug-likeness (QED) is 0.936. The molecule has 0 saturated heterocycles. The Morgan fingerprint density at radius 2 is 2.20 bits per heavy atom. The number of benzene rings is 1. The highest BCUT2D eigenvalue weighted by Crippen LogP contribution is 2.24. The Hall–Kier alpha value is -2.12. The summed E-state index contributed by atoms with van der Waals surface area (Å²) in [5.41, 5.74) is 2.12. The molecule has 0 saturated carbocycles. The van der Waals surface area contributed by atoms with Crippen LogP contribution in [0, 0.1) is 11.3 Å². The summed E-state index contributed by atoms with van der Waals surface area (Å²) in [7, 11) is 0. The third-order valence-corrected chi connectivity index (χ3v) is 3.93. The van der Waals surface area contributed by atoms with Crippen molar-refractivity contribution in [1.82, 2.24) is 5.32 Å². The minimum Gasteiger partial charge on any atom is -0.351 e. The maximum absolute atomic E-state index is 12.1. The Labute approximate surface area is 122 Å². The van der Waals surface area contributed by atoms with E-state index in [1.165, 1.54) is 5.56 Å². The van der Waals surface area contributed by atoms with Crippen LogP contribution in [-0.4, -0.2) is 12.5 Å². The van der Waals surface area contributed by atoms with Crippen molar-refractivity contribution in [2.75, 3.05) is 6.54 Å². The lowest BCUT2D eigenvalue weighted by atomic mass is 9.86. The summed E-state index contributed by atoms with van der Waals surface area (Å²) in [5, 5.41) is 15.9. The molecule has 1 N–H and O–H groups in total. The first-order valence-electron chi connectivity index (χ1n) is 6.34. The van der Waals surface area contributed by atoms with E-state index in [0.717, 1.165) is 0 Å². The molecule has 2 aromatic rings. The van der Waals surface area contributed by atoms with Gasteiger partial charge in [-0.25, -0.2) is 0 Å². The first kappa shape index (κ1) is 14.3. The van der Waals surface area contributed by atoms with Crippen LogP contribution in [0.4, 0.5) is 0 Å². The number of nitrogens with one attached hydrogen (secondary N) is 1. The van der Waals surface area contributed by atoms with Crippen LogP contribution < -0.4 is 5.32 Å². The molecule has 0 fully saturated rings. The lowest BCUT2D eigenvalue weighted by molar-refractivity contribution is 0.0945. The van der Waals surface area contributed by atoms with Crippen LogP contribution in [0.25, 0.3) is 0 Å². The number of hydrogen-bond acceptors (Lipinski definition) is 3. The van der Waals surface area contributed by atoms with Crippen LogP contribution in [-0.2, 0) is 5.41 Å². The third kappa shape index (κ3) is 3.25. The smallest absolute Gasteiger partial charge is 0.251 e. The molecule has 0 unspecified atom stereocenters. The number of amides is 1. The number of rotatable bonds is 4. The second-order valence-corrected chi connectivity index (χ2v) is 6.05. The molecule has 1 heterocycles. The van der Waals surface area contributed by atoms with Crippen molar-refractivity contribution in [2.45, 2.75) is 19.3 Å². The fourth-order valence-corrected chi connectivity index (χ4v) is 2.73. The number of carbonyl (C=O) groups excluding carboxylic acids is 1. The Balaban J connectivity index is 2.04. The summed E-state index contributed by atoms with van der Waals surface area (Å²) in [6.45, 7) is 4.75. The van der Waals surface area contributed by atoms with Crippen molar-refractivity contribution in [3.05, 3.63) is 57.8 Å². The summed E-state index contributed by atoms with van der Waals surface area (Å²) < 4.78 is 0. The van der Waals surface area contributed by atoms with Crippen molar-refractivity contribution in [3.8, 4) is 6.07 Å². The van der Waals surface area contributed by atoms with Crippen LogP contribution in [0.2, 0.25) is 0 Å². The predicted octanol–water partition coefficient (Wildman–Crippen LogP) is 3.33. The maximum atomic E-state index is 12.1. The van der Waals surface area contributed by atoms with Gasteiger partial charge in [-0.1, -0.05) is 19.9 Å². The molecule has 2 rings (SSSR count). The number of nitrogens with zero attached hydrogens (tertiary/aromatic N) is 1. The summed E-state index contributed by atoms with van der Waals surface area (Å²) >= 11 is 1.65. The lowest BCUT2D eigenvalue weighted by Gasteiger charge is -2.24. The van der Waals surface area contributed by atoms with Gasteiger partial charge in [-0.05, 0) is 40.6 Å². The second kappa shape index (κ2) is 5.89. The monoisotopic (exact) mass is 284 g/mol. The number of thiophene rings is 1. The van der Waals surface area contributed by atoms with Gasteiger partial charge in [-0.3, -0.25) is 4.79 Å². The summed E-state index contributed by atoms with van der Waals surface area (Å²) in [4.78, 5) is 12.1. The molecule has 1 aromatic carbocycles. The van der Waals surface area contributed by atoms with Gasteiger partial charge < -0.3 is 5.32 Å². The van der Waals surface area contributed by atoms with Gasteiger partial charge in [0.15, 0.2) is 0 Å². The molecule has 0 atom stereocenters. The normalized spacial score (nSPS) is 10.8. The molecule has 20 heavy (non-hydrogen) atoms. The Morgan fingerprint density at radius 1 is 1.40 bits per heavy atom. The van der Waals surface area contributed by atoms with Crippen LogP contribution in [0.1, 0.15) is 35.3 Å². The van der Waals surface area contributed by atoms with E-state index in [1.807, 2.05) is 11.4 Å². The van der Waals surface area contributed by atoms with E-state index in [1.54, 1.807) is 35.6 Å². The molecular weight excluding hydrogens is 268 g/mol. The molecule has 0 spiro atoms. The third-order valence-electron chi connectivity index (χ3n) is 3.25. The molecule has 0 aliphatic heterocycles. The van der Waals surface area contributed by atoms with Gasteiger partial charge in [0.05, 0.1) is 11.6 Å². The highest BCUT2D eigenvalue weighted by molar-refractivity contribution is 7.08. The van der Waals surface area contributed by atoms with Gasteiger partial charge in [0, 0.05) is 17.5 Å². The summed E-state index contributed by atoms with van der Waals surface area (Å²) in [6, 6.07) is 10.8. The largest absolute Gasteiger partial charge is 0.351 e. The molecule has 0 aliphatic rings. The van der Waals surface area contributed by atoms with E-state index in [2.05, 4.69) is 30.6 Å². The maximum Gasteiger partial charge on any atom is 0.251 e. The molecule has 102 valence electrons. The molecule has 1 aromatic heterocycles. The van der Waals surface area contributed by atoms with E-state index in [-0.39, 0.29) is 11.3 Å². The van der Waals surface area contributed by atoms with Gasteiger partial charge in [-0.2, -0.15) is 16.6 Å². The molecule has 0 bridgehead atoms. The predicted molar refractivity (Wildman–Crippen MR) is 80.8 cm³/mol. The van der Waals surface area contributed by atoms with Crippen molar-refractivity contribution in [2.24, 2.45) is 0 Å². The van der Waals surface area contributed by atoms with Crippen LogP contribution in [0.15, 0.2) is 41.1 Å². The minimum atomic E-state index is -0.148. The van der Waals surface area contributed by atoms with E-state index < -0.39 is 0 Å². The number of nitriles is 1. The highest BCUT2D eigenvalue weighted by atomic mass is 32.1. The summed E-state index contributed by atoms with van der Waals surface area (Å²) in [5.74, 6) is -0.148. The molecule has 4 heteroatoms. The number of hydrogen-bond donors (Lipinski definition) is 1. The fraction of sp³-hybridized carbons (Fsp3) is 0.250. The Morgan fingerprint density at radius 3 is 2.85 bits per heavy atom. The molecule has 3 nitrogen and oxygen atoms in total. The molecular formula is C16H16N2OS. The average molecular weight is 284 g/mol. The van der Waals surface area contributed by atoms with Gasteiger partial charge >= 0.3 is 0 Å². The van der Waals surface area contributed by atoms with Crippen molar-refractivity contribution < 1.29 is 4.79 Å². The van der Waals surface area contributed by atoms with Gasteiger partial charge in [-0.15, -0.1) is 0 Å². The molecule has 0 radical (unpaired) electrons. The highest BCUT2D eigenvalue weighted by Gasteiger charge is 2.22. The van der Waals surface area contributed by atoms with E-state index >= 15 is 0 Å². The SMILES string of the molecule is CC(C)(CNC(=O)c1cccc(C#N)c1)c1ccsc1. The second-order valence-electron chi connectivity index (χ2n) is 5.27. The first-order valence-corrected chi connectivity index (χ1v) is 7.28. The van der Waals surface area contributed by atoms with Gasteiger partial charge in [0.1, 0.15) is 0 Å². The van der Waals surface area contributed by atoms with Crippen molar-refractivity contribution in [1.29, 1.82) is 5.26 Å². The minimum absolute atomic E-state index is 0.109. The van der Waals surface area contributed by atoms with Gasteiger partial charge in [0.25, 0.3) is 5.91 Å². The molecule has 0 aliphatic carbocycles. The topological polar surface area (TPSA) is 52.9 Å². The van der Waals surface area contributed by atoms with Crippen LogP contribution in [0.3, 0.4) is 0 Å². The fourth-order valence-electron chi connectivity index (χ4n) is 1.88. The Kier molecular flexibility index (Phi) is 4.21. The van der Waals surface area contributed by atoms with E-state index in [9.17, 15) is 4.79 Å². The zero-order valence-corrected chi connectivity index (χ0v) is 12.3. The van der Waals surface area contributed by atoms with Crippen LogP contribution >= 0.6 is 11.3 Å². The average Bonchev–Trinajstić information content (AvgIpc) is 3.00. The van der Waals surface area contributed by atoms with Gasteiger partial charge in [0.2, 0.25) is 0 Å². The standard InChI is InChI=1S/C16H16N2OS/c1-16(2,14-6-7-20-10-14)11-18-15(19)13-5-3-4-12(8-13)9-17/h3-8,10H,11H2,1-2H3,(H,18,19). The van der Waals surface area contributed by atoms with E-state index in [0.29, 0.717) is 17.7 Å². The van der Waals surface area contributed by atoms with Crippen molar-refractivity contribution in [3.63, 3.8) is 0 Å². The number of carbonyl (C=O) groups is 1.